The highest BCUT2D eigenvalue weighted by Gasteiger charge is 2.51. The smallest absolute Gasteiger partial charge is 0.416 e. The molecule has 0 bridgehead atoms. The Morgan fingerprint density at radius 2 is 1.57 bits per heavy atom. The van der Waals surface area contributed by atoms with E-state index in [1.807, 2.05) is 13.8 Å². The molecule has 1 N–H and O–H groups in total. The first kappa shape index (κ1) is 29.3. The minimum absolute atomic E-state index is 0.0265. The van der Waals surface area contributed by atoms with E-state index in [9.17, 15) is 45.0 Å². The number of carboxylic acids is 1. The summed E-state index contributed by atoms with van der Waals surface area (Å²) in [5.41, 5.74) is -1.19. The Hall–Kier alpha value is -1.91. The lowest BCUT2D eigenvalue weighted by atomic mass is 9.78. The Labute approximate surface area is 199 Å². The van der Waals surface area contributed by atoms with E-state index in [1.54, 1.807) is 4.90 Å². The normalized spacial score (nSPS) is 21.8. The number of aliphatic carboxylic acids is 1. The Kier molecular flexibility index (Phi) is 9.22. The van der Waals surface area contributed by atoms with Crippen molar-refractivity contribution in [2.75, 3.05) is 13.1 Å². The number of benzene rings is 1. The van der Waals surface area contributed by atoms with Crippen LogP contribution in [0.3, 0.4) is 0 Å². The van der Waals surface area contributed by atoms with E-state index in [-0.39, 0.29) is 25.1 Å². The van der Waals surface area contributed by atoms with Crippen LogP contribution in [0.2, 0.25) is 0 Å². The molecule has 3 nitrogen and oxygen atoms in total. The molecule has 1 aromatic carbocycles. The molecule has 0 saturated carbocycles. The molecule has 2 unspecified atom stereocenters. The fraction of sp³-hybridized carbons (Fsp3) is 0.708. The molecule has 1 aromatic rings. The molecule has 1 saturated heterocycles. The first-order valence-corrected chi connectivity index (χ1v) is 11.5. The fourth-order valence-corrected chi connectivity index (χ4v) is 4.77. The number of carbonyl (C=O) groups is 1. The molecule has 1 aliphatic heterocycles. The van der Waals surface area contributed by atoms with Gasteiger partial charge in [-0.05, 0) is 55.3 Å². The number of likely N-dealkylation sites (tertiary alicyclic amines) is 1. The van der Waals surface area contributed by atoms with Crippen molar-refractivity contribution in [3.8, 4) is 0 Å². The van der Waals surface area contributed by atoms with Gasteiger partial charge in [0.05, 0.1) is 17.9 Å². The van der Waals surface area contributed by atoms with Gasteiger partial charge in [0.2, 0.25) is 0 Å². The monoisotopic (exact) mass is 517 g/mol. The molecule has 35 heavy (non-hydrogen) atoms. The second-order valence-electron chi connectivity index (χ2n) is 10.1. The second kappa shape index (κ2) is 11.0. The van der Waals surface area contributed by atoms with Crippen LogP contribution in [0.25, 0.3) is 0 Å². The maximum Gasteiger partial charge on any atom is 0.416 e. The first-order valence-electron chi connectivity index (χ1n) is 11.5. The van der Waals surface area contributed by atoms with Crippen LogP contribution in [-0.4, -0.2) is 41.2 Å². The fourth-order valence-electron chi connectivity index (χ4n) is 4.77. The zero-order chi connectivity index (χ0) is 26.7. The Morgan fingerprint density at radius 3 is 2.09 bits per heavy atom. The number of carboxylic acid groups (broad SMARTS) is 1. The standard InChI is InChI=1S/C24H31F8NO2/c1-21(2,9-3-11-23(27,28)29)10-4-13-33-14-12-22(25,26)18(15-19(34)35)20(33)16-5-7-17(8-6-16)24(30,31)32/h5-8,18,20H,3-4,9-15H2,1-2H3,(H,34,35). The quantitative estimate of drug-likeness (QED) is 0.323. The molecule has 1 heterocycles. The topological polar surface area (TPSA) is 40.5 Å². The summed E-state index contributed by atoms with van der Waals surface area (Å²) < 4.78 is 106. The third-order valence-electron chi connectivity index (χ3n) is 6.64. The van der Waals surface area contributed by atoms with Crippen molar-refractivity contribution in [1.29, 1.82) is 0 Å². The Morgan fingerprint density at radius 1 is 1.00 bits per heavy atom. The van der Waals surface area contributed by atoms with E-state index in [1.165, 1.54) is 0 Å². The third kappa shape index (κ3) is 8.91. The van der Waals surface area contributed by atoms with Crippen LogP contribution in [0, 0.1) is 11.3 Å². The largest absolute Gasteiger partial charge is 0.481 e. The Balaban J connectivity index is 2.19. The van der Waals surface area contributed by atoms with E-state index >= 15 is 0 Å². The van der Waals surface area contributed by atoms with E-state index in [2.05, 4.69) is 0 Å². The summed E-state index contributed by atoms with van der Waals surface area (Å²) in [6.07, 6.45) is -9.88. The highest BCUT2D eigenvalue weighted by molar-refractivity contribution is 5.67. The third-order valence-corrected chi connectivity index (χ3v) is 6.64. The SMILES string of the molecule is CC(C)(CCCN1CCC(F)(F)C(CC(=O)O)C1c1ccc(C(F)(F)F)cc1)CCCC(F)(F)F. The molecular formula is C24H31F8NO2. The average molecular weight is 518 g/mol. The molecule has 2 rings (SSSR count). The van der Waals surface area contributed by atoms with Crippen LogP contribution < -0.4 is 0 Å². The number of rotatable bonds is 10. The van der Waals surface area contributed by atoms with Crippen LogP contribution in [0.4, 0.5) is 35.1 Å². The van der Waals surface area contributed by atoms with E-state index in [4.69, 9.17) is 0 Å². The zero-order valence-electron chi connectivity index (χ0n) is 19.7. The van der Waals surface area contributed by atoms with Crippen molar-refractivity contribution in [2.24, 2.45) is 11.3 Å². The van der Waals surface area contributed by atoms with Crippen molar-refractivity contribution in [1.82, 2.24) is 4.90 Å². The van der Waals surface area contributed by atoms with Crippen LogP contribution in [0.15, 0.2) is 24.3 Å². The maximum absolute atomic E-state index is 14.8. The van der Waals surface area contributed by atoms with Gasteiger partial charge in [0, 0.05) is 25.4 Å². The predicted octanol–water partition coefficient (Wildman–Crippen LogP) is 7.72. The van der Waals surface area contributed by atoms with Gasteiger partial charge in [-0.25, -0.2) is 8.78 Å². The van der Waals surface area contributed by atoms with Gasteiger partial charge < -0.3 is 5.11 Å². The van der Waals surface area contributed by atoms with Gasteiger partial charge in [-0.3, -0.25) is 9.69 Å². The van der Waals surface area contributed by atoms with E-state index in [0.717, 1.165) is 24.3 Å². The van der Waals surface area contributed by atoms with Crippen LogP contribution in [-0.2, 0) is 11.0 Å². The second-order valence-corrected chi connectivity index (χ2v) is 10.1. The summed E-state index contributed by atoms with van der Waals surface area (Å²) in [6, 6.07) is 2.70. The van der Waals surface area contributed by atoms with Gasteiger partial charge in [-0.2, -0.15) is 26.3 Å². The summed E-state index contributed by atoms with van der Waals surface area (Å²) in [6.45, 7) is 3.84. The van der Waals surface area contributed by atoms with Crippen LogP contribution >= 0.6 is 0 Å². The minimum Gasteiger partial charge on any atom is -0.481 e. The maximum atomic E-state index is 14.8. The van der Waals surface area contributed by atoms with Gasteiger partial charge in [-0.1, -0.05) is 26.0 Å². The van der Waals surface area contributed by atoms with Crippen molar-refractivity contribution in [3.05, 3.63) is 35.4 Å². The zero-order valence-corrected chi connectivity index (χ0v) is 19.7. The number of halogens is 8. The lowest BCUT2D eigenvalue weighted by Gasteiger charge is -2.45. The van der Waals surface area contributed by atoms with Crippen molar-refractivity contribution < 1.29 is 45.0 Å². The number of piperidine rings is 1. The van der Waals surface area contributed by atoms with Gasteiger partial charge in [0.1, 0.15) is 0 Å². The van der Waals surface area contributed by atoms with Gasteiger partial charge in [-0.15, -0.1) is 0 Å². The molecule has 2 atom stereocenters. The van der Waals surface area contributed by atoms with Gasteiger partial charge in [0.25, 0.3) is 5.92 Å². The summed E-state index contributed by atoms with van der Waals surface area (Å²) in [7, 11) is 0. The van der Waals surface area contributed by atoms with Crippen molar-refractivity contribution in [3.63, 3.8) is 0 Å². The summed E-state index contributed by atoms with van der Waals surface area (Å²) in [5.74, 6) is -6.39. The number of alkyl halides is 8. The van der Waals surface area contributed by atoms with Crippen LogP contribution in [0.5, 0.6) is 0 Å². The minimum atomic E-state index is -4.60. The first-order chi connectivity index (χ1) is 15.9. The molecule has 200 valence electrons. The predicted molar refractivity (Wildman–Crippen MR) is 114 cm³/mol. The summed E-state index contributed by atoms with van der Waals surface area (Å²) in [5, 5.41) is 9.24. The molecule has 0 aromatic heterocycles. The molecule has 0 radical (unpaired) electrons. The molecule has 0 aliphatic carbocycles. The average Bonchev–Trinajstić information content (AvgIpc) is 2.68. The highest BCUT2D eigenvalue weighted by atomic mass is 19.4. The van der Waals surface area contributed by atoms with E-state index in [0.29, 0.717) is 19.3 Å². The summed E-state index contributed by atoms with van der Waals surface area (Å²) in [4.78, 5) is 13.0. The molecule has 1 aliphatic rings. The van der Waals surface area contributed by atoms with Gasteiger partial charge in [0.15, 0.2) is 0 Å². The number of hydrogen-bond donors (Lipinski definition) is 1. The molecule has 11 heteroatoms. The molecule has 0 spiro atoms. The summed E-state index contributed by atoms with van der Waals surface area (Å²) >= 11 is 0. The number of hydrogen-bond acceptors (Lipinski definition) is 2. The highest BCUT2D eigenvalue weighted by Crippen LogP contribution is 2.47. The number of nitrogens with zero attached hydrogens (tertiary/aromatic N) is 1. The molecular weight excluding hydrogens is 486 g/mol. The molecule has 1 fully saturated rings. The van der Waals surface area contributed by atoms with E-state index < -0.39 is 66.4 Å². The van der Waals surface area contributed by atoms with Crippen LogP contribution in [0.1, 0.15) is 76.0 Å². The lowest BCUT2D eigenvalue weighted by Crippen LogP contribution is -2.50. The van der Waals surface area contributed by atoms with Crippen molar-refractivity contribution >= 4 is 5.97 Å². The lowest BCUT2D eigenvalue weighted by molar-refractivity contribution is -0.158. The molecule has 0 amide bonds. The van der Waals surface area contributed by atoms with Gasteiger partial charge >= 0.3 is 18.3 Å². The Bertz CT molecular complexity index is 833. The van der Waals surface area contributed by atoms with Crippen molar-refractivity contribution in [2.45, 2.75) is 83.1 Å².